The number of carbonyl (C=O) groups is 1. The number of carboxylic acids is 1. The highest BCUT2D eigenvalue weighted by molar-refractivity contribution is 5.74. The van der Waals surface area contributed by atoms with E-state index in [4.69, 9.17) is 0 Å². The quantitative estimate of drug-likeness (QED) is 0.709. The molecule has 15 heavy (non-hydrogen) atoms. The first-order valence-corrected chi connectivity index (χ1v) is 5.84. The van der Waals surface area contributed by atoms with Gasteiger partial charge in [-0.3, -0.25) is 9.69 Å². The van der Waals surface area contributed by atoms with E-state index in [1.165, 1.54) is 0 Å². The second kappa shape index (κ2) is 6.11. The van der Waals surface area contributed by atoms with Crippen molar-refractivity contribution in [2.45, 2.75) is 53.5 Å². The molecule has 0 aliphatic carbocycles. The largest absolute Gasteiger partial charge is 0.481 e. The Balaban J connectivity index is 4.54. The minimum atomic E-state index is -0.688. The maximum atomic E-state index is 11.2. The zero-order chi connectivity index (χ0) is 12.1. The van der Waals surface area contributed by atoms with E-state index >= 15 is 0 Å². The molecule has 0 radical (unpaired) electrons. The summed E-state index contributed by atoms with van der Waals surface area (Å²) in [6.07, 6.45) is 1.74. The van der Waals surface area contributed by atoms with Gasteiger partial charge in [-0.25, -0.2) is 0 Å². The predicted molar refractivity (Wildman–Crippen MR) is 63.0 cm³/mol. The average molecular weight is 215 g/mol. The van der Waals surface area contributed by atoms with Gasteiger partial charge in [0.2, 0.25) is 0 Å². The van der Waals surface area contributed by atoms with Crippen LogP contribution in [0, 0.1) is 5.41 Å². The molecular weight excluding hydrogens is 190 g/mol. The number of rotatable bonds is 7. The van der Waals surface area contributed by atoms with E-state index in [2.05, 4.69) is 25.7 Å². The standard InChI is InChI=1S/C12H25NO2/c1-6-8-13(10(3)4)9-12(5,7-2)11(14)15/h10H,6-9H2,1-5H3,(H,14,15). The molecule has 0 saturated heterocycles. The molecule has 0 aliphatic rings. The van der Waals surface area contributed by atoms with E-state index in [1.807, 2.05) is 13.8 Å². The van der Waals surface area contributed by atoms with Crippen molar-refractivity contribution >= 4 is 5.97 Å². The maximum Gasteiger partial charge on any atom is 0.310 e. The van der Waals surface area contributed by atoms with E-state index in [0.717, 1.165) is 13.0 Å². The third kappa shape index (κ3) is 4.20. The van der Waals surface area contributed by atoms with Crippen molar-refractivity contribution in [2.75, 3.05) is 13.1 Å². The zero-order valence-corrected chi connectivity index (χ0v) is 10.7. The van der Waals surface area contributed by atoms with Crippen LogP contribution in [0.2, 0.25) is 0 Å². The predicted octanol–water partition coefficient (Wildman–Crippen LogP) is 2.61. The van der Waals surface area contributed by atoms with E-state index in [0.29, 0.717) is 19.0 Å². The van der Waals surface area contributed by atoms with E-state index in [-0.39, 0.29) is 0 Å². The van der Waals surface area contributed by atoms with Crippen molar-refractivity contribution in [1.82, 2.24) is 4.90 Å². The Bertz CT molecular complexity index is 204. The molecule has 0 aromatic carbocycles. The average Bonchev–Trinajstić information content (AvgIpc) is 2.16. The van der Waals surface area contributed by atoms with Gasteiger partial charge in [-0.1, -0.05) is 13.8 Å². The first-order chi connectivity index (χ1) is 6.87. The maximum absolute atomic E-state index is 11.2. The summed E-state index contributed by atoms with van der Waals surface area (Å²) in [5.41, 5.74) is -0.612. The highest BCUT2D eigenvalue weighted by Gasteiger charge is 2.33. The Labute approximate surface area is 93.5 Å². The van der Waals surface area contributed by atoms with Crippen LogP contribution in [0.5, 0.6) is 0 Å². The van der Waals surface area contributed by atoms with Crippen molar-refractivity contribution in [2.24, 2.45) is 5.41 Å². The summed E-state index contributed by atoms with van der Waals surface area (Å²) in [7, 11) is 0. The number of carboxylic acid groups (broad SMARTS) is 1. The lowest BCUT2D eigenvalue weighted by Crippen LogP contribution is -2.44. The van der Waals surface area contributed by atoms with Gasteiger partial charge in [-0.15, -0.1) is 0 Å². The SMILES string of the molecule is CCCN(CC(C)(CC)C(=O)O)C(C)C. The summed E-state index contributed by atoms with van der Waals surface area (Å²) in [5.74, 6) is -0.688. The molecule has 0 spiro atoms. The molecule has 1 N–H and O–H groups in total. The van der Waals surface area contributed by atoms with Gasteiger partial charge >= 0.3 is 5.97 Å². The molecule has 0 saturated carbocycles. The van der Waals surface area contributed by atoms with Crippen molar-refractivity contribution < 1.29 is 9.90 Å². The van der Waals surface area contributed by atoms with Crippen molar-refractivity contribution in [1.29, 1.82) is 0 Å². The van der Waals surface area contributed by atoms with Gasteiger partial charge in [0.05, 0.1) is 5.41 Å². The number of hydrogen-bond donors (Lipinski definition) is 1. The third-order valence-corrected chi connectivity index (χ3v) is 3.09. The molecule has 3 nitrogen and oxygen atoms in total. The summed E-state index contributed by atoms with van der Waals surface area (Å²) in [4.78, 5) is 13.4. The summed E-state index contributed by atoms with van der Waals surface area (Å²) in [6.45, 7) is 11.8. The van der Waals surface area contributed by atoms with E-state index in [9.17, 15) is 9.90 Å². The van der Waals surface area contributed by atoms with Gasteiger partial charge < -0.3 is 5.11 Å². The summed E-state index contributed by atoms with van der Waals surface area (Å²) >= 11 is 0. The van der Waals surface area contributed by atoms with Gasteiger partial charge in [0.25, 0.3) is 0 Å². The summed E-state index contributed by atoms with van der Waals surface area (Å²) in [6, 6.07) is 0.412. The minimum Gasteiger partial charge on any atom is -0.481 e. The Hall–Kier alpha value is -0.570. The smallest absolute Gasteiger partial charge is 0.310 e. The van der Waals surface area contributed by atoms with Gasteiger partial charge in [0, 0.05) is 12.6 Å². The zero-order valence-electron chi connectivity index (χ0n) is 10.7. The van der Waals surface area contributed by atoms with Crippen LogP contribution in [0.3, 0.4) is 0 Å². The molecule has 0 bridgehead atoms. The van der Waals surface area contributed by atoms with Crippen LogP contribution in [0.25, 0.3) is 0 Å². The molecule has 0 fully saturated rings. The fourth-order valence-corrected chi connectivity index (χ4v) is 1.59. The number of hydrogen-bond acceptors (Lipinski definition) is 2. The van der Waals surface area contributed by atoms with Crippen molar-refractivity contribution in [3.05, 3.63) is 0 Å². The molecule has 0 aliphatic heterocycles. The molecule has 0 amide bonds. The second-order valence-electron chi connectivity index (χ2n) is 4.78. The molecule has 1 unspecified atom stereocenters. The van der Waals surface area contributed by atoms with Crippen molar-refractivity contribution in [3.8, 4) is 0 Å². The van der Waals surface area contributed by atoms with Crippen LogP contribution in [0.1, 0.15) is 47.5 Å². The molecule has 0 rings (SSSR count). The highest BCUT2D eigenvalue weighted by atomic mass is 16.4. The first kappa shape index (κ1) is 14.4. The summed E-state index contributed by atoms with van der Waals surface area (Å²) in [5, 5.41) is 9.20. The third-order valence-electron chi connectivity index (χ3n) is 3.09. The molecule has 0 aromatic rings. The Kier molecular flexibility index (Phi) is 5.88. The Morgan fingerprint density at radius 3 is 2.20 bits per heavy atom. The van der Waals surface area contributed by atoms with Crippen LogP contribution < -0.4 is 0 Å². The second-order valence-corrected chi connectivity index (χ2v) is 4.78. The van der Waals surface area contributed by atoms with Crippen molar-refractivity contribution in [3.63, 3.8) is 0 Å². The van der Waals surface area contributed by atoms with Gasteiger partial charge in [-0.2, -0.15) is 0 Å². The lowest BCUT2D eigenvalue weighted by Gasteiger charge is -2.34. The number of aliphatic carboxylic acids is 1. The minimum absolute atomic E-state index is 0.412. The number of nitrogens with zero attached hydrogens (tertiary/aromatic N) is 1. The van der Waals surface area contributed by atoms with Crippen LogP contribution in [0.4, 0.5) is 0 Å². The topological polar surface area (TPSA) is 40.5 Å². The van der Waals surface area contributed by atoms with Gasteiger partial charge in [0.1, 0.15) is 0 Å². The monoisotopic (exact) mass is 215 g/mol. The van der Waals surface area contributed by atoms with Crippen LogP contribution >= 0.6 is 0 Å². The molecule has 90 valence electrons. The van der Waals surface area contributed by atoms with E-state index in [1.54, 1.807) is 0 Å². The molecule has 3 heteroatoms. The van der Waals surface area contributed by atoms with Crippen LogP contribution in [0.15, 0.2) is 0 Å². The van der Waals surface area contributed by atoms with Gasteiger partial charge in [0.15, 0.2) is 0 Å². The Morgan fingerprint density at radius 1 is 1.40 bits per heavy atom. The van der Waals surface area contributed by atoms with Crippen LogP contribution in [-0.2, 0) is 4.79 Å². The summed E-state index contributed by atoms with van der Waals surface area (Å²) < 4.78 is 0. The molecule has 0 aromatic heterocycles. The lowest BCUT2D eigenvalue weighted by molar-refractivity contribution is -0.149. The fourth-order valence-electron chi connectivity index (χ4n) is 1.59. The molecular formula is C12H25NO2. The Morgan fingerprint density at radius 2 is 1.93 bits per heavy atom. The first-order valence-electron chi connectivity index (χ1n) is 5.84. The molecule has 1 atom stereocenters. The lowest BCUT2D eigenvalue weighted by atomic mass is 9.86. The highest BCUT2D eigenvalue weighted by Crippen LogP contribution is 2.24. The van der Waals surface area contributed by atoms with Gasteiger partial charge in [-0.05, 0) is 40.2 Å². The molecule has 0 heterocycles. The van der Waals surface area contributed by atoms with Crippen LogP contribution in [-0.4, -0.2) is 35.1 Å². The fraction of sp³-hybridized carbons (Fsp3) is 0.917. The normalized spacial score (nSPS) is 15.7. The van der Waals surface area contributed by atoms with E-state index < -0.39 is 11.4 Å².